The third-order valence-electron chi connectivity index (χ3n) is 2.21. The van der Waals surface area contributed by atoms with E-state index in [2.05, 4.69) is 18.2 Å². The Labute approximate surface area is 91.5 Å². The molecule has 0 aromatic heterocycles. The average Bonchev–Trinajstić information content (AvgIpc) is 2.29. The molecule has 0 aliphatic carbocycles. The average molecular weight is 203 g/mol. The summed E-state index contributed by atoms with van der Waals surface area (Å²) in [6.45, 7) is 1.55. The van der Waals surface area contributed by atoms with Crippen LogP contribution < -0.4 is 0 Å². The highest BCUT2D eigenvalue weighted by Crippen LogP contribution is 2.00. The summed E-state index contributed by atoms with van der Waals surface area (Å²) in [5, 5.41) is 8.33. The van der Waals surface area contributed by atoms with Gasteiger partial charge in [0.25, 0.3) is 0 Å². The van der Waals surface area contributed by atoms with Crippen molar-refractivity contribution >= 4 is 0 Å². The minimum absolute atomic E-state index is 0.641. The molecule has 0 aliphatic heterocycles. The molecule has 0 saturated carbocycles. The summed E-state index contributed by atoms with van der Waals surface area (Å²) < 4.78 is 5.47. The molecule has 0 atom stereocenters. The number of benzene rings is 1. The molecule has 0 aliphatic rings. The number of hydrogen-bond donors (Lipinski definition) is 0. The summed E-state index contributed by atoms with van der Waals surface area (Å²) in [5.74, 6) is 0. The van der Waals surface area contributed by atoms with Crippen LogP contribution in [0.3, 0.4) is 0 Å². The third-order valence-corrected chi connectivity index (χ3v) is 2.21. The van der Waals surface area contributed by atoms with Gasteiger partial charge in [0.05, 0.1) is 12.7 Å². The fourth-order valence-electron chi connectivity index (χ4n) is 1.34. The highest BCUT2D eigenvalue weighted by Gasteiger charge is 1.92. The Hall–Kier alpha value is -1.33. The van der Waals surface area contributed by atoms with Gasteiger partial charge in [0.2, 0.25) is 0 Å². The van der Waals surface area contributed by atoms with E-state index >= 15 is 0 Å². The molecule has 0 radical (unpaired) electrons. The lowest BCUT2D eigenvalue weighted by Gasteiger charge is -2.03. The maximum absolute atomic E-state index is 8.33. The Morgan fingerprint density at radius 3 is 2.60 bits per heavy atom. The van der Waals surface area contributed by atoms with Gasteiger partial charge >= 0.3 is 0 Å². The number of nitriles is 1. The van der Waals surface area contributed by atoms with E-state index in [9.17, 15) is 0 Å². The molecule has 0 unspecified atom stereocenters. The molecule has 0 bridgehead atoms. The minimum Gasteiger partial charge on any atom is -0.381 e. The third kappa shape index (κ3) is 5.87. The Kier molecular flexibility index (Phi) is 6.28. The molecule has 0 spiro atoms. The van der Waals surface area contributed by atoms with Gasteiger partial charge in [0.15, 0.2) is 0 Å². The van der Waals surface area contributed by atoms with E-state index in [4.69, 9.17) is 10.00 Å². The number of hydrogen-bond acceptors (Lipinski definition) is 2. The predicted octanol–water partition coefficient (Wildman–Crippen LogP) is 2.94. The molecule has 0 amide bonds. The second-order valence-corrected chi connectivity index (χ2v) is 3.46. The zero-order valence-electron chi connectivity index (χ0n) is 8.98. The van der Waals surface area contributed by atoms with Gasteiger partial charge in [-0.3, -0.25) is 0 Å². The maximum Gasteiger partial charge on any atom is 0.0621 e. The Morgan fingerprint density at radius 2 is 1.87 bits per heavy atom. The van der Waals surface area contributed by atoms with E-state index in [0.29, 0.717) is 6.42 Å². The second kappa shape index (κ2) is 8.02. The number of nitrogens with zero attached hydrogens (tertiary/aromatic N) is 1. The maximum atomic E-state index is 8.33. The summed E-state index contributed by atoms with van der Waals surface area (Å²) in [6.07, 6.45) is 3.55. The van der Waals surface area contributed by atoms with Crippen molar-refractivity contribution in [3.05, 3.63) is 35.9 Å². The lowest BCUT2D eigenvalue weighted by Crippen LogP contribution is -2.00. The molecular formula is C13H17NO. The van der Waals surface area contributed by atoms with Crippen molar-refractivity contribution < 1.29 is 4.74 Å². The predicted molar refractivity (Wildman–Crippen MR) is 60.4 cm³/mol. The summed E-state index contributed by atoms with van der Waals surface area (Å²) in [7, 11) is 0. The molecule has 1 aromatic carbocycles. The second-order valence-electron chi connectivity index (χ2n) is 3.46. The Bertz CT molecular complexity index is 289. The van der Waals surface area contributed by atoms with Crippen LogP contribution >= 0.6 is 0 Å². The van der Waals surface area contributed by atoms with E-state index < -0.39 is 0 Å². The lowest BCUT2D eigenvalue weighted by molar-refractivity contribution is 0.133. The summed E-state index contributed by atoms with van der Waals surface area (Å²) >= 11 is 0. The van der Waals surface area contributed by atoms with Crippen LogP contribution in [0.2, 0.25) is 0 Å². The first kappa shape index (κ1) is 11.7. The van der Waals surface area contributed by atoms with E-state index in [-0.39, 0.29) is 0 Å². The van der Waals surface area contributed by atoms with Crippen LogP contribution in [0.25, 0.3) is 0 Å². The molecule has 1 rings (SSSR count). The van der Waals surface area contributed by atoms with Gasteiger partial charge in [-0.2, -0.15) is 5.26 Å². The molecule has 0 heterocycles. The minimum atomic E-state index is 0.641. The topological polar surface area (TPSA) is 33.0 Å². The van der Waals surface area contributed by atoms with Gasteiger partial charge in [-0.25, -0.2) is 0 Å². The largest absolute Gasteiger partial charge is 0.381 e. The number of rotatable bonds is 7. The van der Waals surface area contributed by atoms with Crippen molar-refractivity contribution in [2.75, 3.05) is 13.2 Å². The Morgan fingerprint density at radius 1 is 1.07 bits per heavy atom. The standard InChI is InChI=1S/C13H17NO/c14-10-5-2-6-11-15-12-9-13-7-3-1-4-8-13/h1,3-4,7-8H,2,5-6,9,11-12H2. The van der Waals surface area contributed by atoms with E-state index in [1.54, 1.807) is 0 Å². The van der Waals surface area contributed by atoms with Crippen LogP contribution in [0.1, 0.15) is 24.8 Å². The van der Waals surface area contributed by atoms with E-state index in [1.807, 2.05) is 18.2 Å². The van der Waals surface area contributed by atoms with Crippen molar-refractivity contribution in [3.63, 3.8) is 0 Å². The van der Waals surface area contributed by atoms with Gasteiger partial charge in [0.1, 0.15) is 0 Å². The summed E-state index contributed by atoms with van der Waals surface area (Å²) in [5.41, 5.74) is 1.31. The van der Waals surface area contributed by atoms with E-state index in [0.717, 1.165) is 32.5 Å². The SMILES string of the molecule is N#CCCCCOCCc1ccccc1. The zero-order chi connectivity index (χ0) is 10.8. The van der Waals surface area contributed by atoms with Crippen LogP contribution in [0.5, 0.6) is 0 Å². The fraction of sp³-hybridized carbons (Fsp3) is 0.462. The molecule has 2 nitrogen and oxygen atoms in total. The molecule has 15 heavy (non-hydrogen) atoms. The van der Waals surface area contributed by atoms with Crippen LogP contribution in [0, 0.1) is 11.3 Å². The van der Waals surface area contributed by atoms with Crippen molar-refractivity contribution in [1.29, 1.82) is 5.26 Å². The molecule has 80 valence electrons. The Balaban J connectivity index is 1.96. The normalized spacial score (nSPS) is 9.80. The smallest absolute Gasteiger partial charge is 0.0621 e. The molecule has 2 heteroatoms. The monoisotopic (exact) mass is 203 g/mol. The lowest BCUT2D eigenvalue weighted by atomic mass is 10.2. The zero-order valence-corrected chi connectivity index (χ0v) is 8.98. The van der Waals surface area contributed by atoms with E-state index in [1.165, 1.54) is 5.56 Å². The first-order valence-corrected chi connectivity index (χ1v) is 5.42. The van der Waals surface area contributed by atoms with Crippen molar-refractivity contribution in [2.24, 2.45) is 0 Å². The van der Waals surface area contributed by atoms with Crippen LogP contribution in [-0.4, -0.2) is 13.2 Å². The summed E-state index contributed by atoms with van der Waals surface area (Å²) in [4.78, 5) is 0. The molecular weight excluding hydrogens is 186 g/mol. The van der Waals surface area contributed by atoms with Gasteiger partial charge in [-0.05, 0) is 24.8 Å². The first-order chi connectivity index (χ1) is 7.43. The molecule has 0 N–H and O–H groups in total. The molecule has 0 saturated heterocycles. The van der Waals surface area contributed by atoms with Gasteiger partial charge in [-0.1, -0.05) is 30.3 Å². The number of unbranched alkanes of at least 4 members (excludes halogenated alkanes) is 2. The van der Waals surface area contributed by atoms with Gasteiger partial charge in [0, 0.05) is 13.0 Å². The van der Waals surface area contributed by atoms with Crippen molar-refractivity contribution in [2.45, 2.75) is 25.7 Å². The quantitative estimate of drug-likeness (QED) is 0.638. The van der Waals surface area contributed by atoms with Crippen molar-refractivity contribution in [3.8, 4) is 6.07 Å². The van der Waals surface area contributed by atoms with Gasteiger partial charge in [-0.15, -0.1) is 0 Å². The van der Waals surface area contributed by atoms with Crippen molar-refractivity contribution in [1.82, 2.24) is 0 Å². The number of ether oxygens (including phenoxy) is 1. The molecule has 1 aromatic rings. The van der Waals surface area contributed by atoms with Crippen LogP contribution in [-0.2, 0) is 11.2 Å². The van der Waals surface area contributed by atoms with Crippen LogP contribution in [0.4, 0.5) is 0 Å². The molecule has 0 fully saturated rings. The fourth-order valence-corrected chi connectivity index (χ4v) is 1.34. The van der Waals surface area contributed by atoms with Gasteiger partial charge < -0.3 is 4.74 Å². The van der Waals surface area contributed by atoms with Crippen LogP contribution in [0.15, 0.2) is 30.3 Å². The summed E-state index contributed by atoms with van der Waals surface area (Å²) in [6, 6.07) is 12.5. The highest BCUT2D eigenvalue weighted by atomic mass is 16.5. The first-order valence-electron chi connectivity index (χ1n) is 5.42. The highest BCUT2D eigenvalue weighted by molar-refractivity contribution is 5.14.